The molecule has 34 heavy (non-hydrogen) atoms. The van der Waals surface area contributed by atoms with E-state index in [-0.39, 0.29) is 76.6 Å². The maximum Gasteiger partial charge on any atom is 0.299 e. The van der Waals surface area contributed by atoms with Gasteiger partial charge in [0.2, 0.25) is 11.8 Å². The van der Waals surface area contributed by atoms with Crippen molar-refractivity contribution in [1.29, 1.82) is 0 Å². The van der Waals surface area contributed by atoms with Crippen molar-refractivity contribution in [1.82, 2.24) is 5.32 Å². The van der Waals surface area contributed by atoms with Crippen molar-refractivity contribution in [2.24, 2.45) is 5.73 Å². The highest BCUT2D eigenvalue weighted by Crippen LogP contribution is 2.28. The summed E-state index contributed by atoms with van der Waals surface area (Å²) in [6.07, 6.45) is 2.20. The van der Waals surface area contributed by atoms with Gasteiger partial charge in [-0.15, -0.1) is 0 Å². The van der Waals surface area contributed by atoms with Crippen LogP contribution in [-0.2, 0) is 28.5 Å². The third kappa shape index (κ3) is 12.9. The minimum absolute atomic E-state index is 0.141. The average Bonchev–Trinajstić information content (AvgIpc) is 2.79. The fourth-order valence-electron chi connectivity index (χ4n) is 2.28. The van der Waals surface area contributed by atoms with Crippen molar-refractivity contribution in [2.75, 3.05) is 64.7 Å². The number of carbonyl (C=O) groups is 2. The number of primary amides is 1. The molecule has 0 bridgehead atoms. The summed E-state index contributed by atoms with van der Waals surface area (Å²) in [5.41, 5.74) is 4.28. The monoisotopic (exact) mass is 485 g/mol. The SMILES string of the molecule is NC(=O)C=COCCNC(=O)COCCOCCOCCNc1ccc([N+](=O)[O-])cc1[N+](=O)[O-]. The van der Waals surface area contributed by atoms with Crippen molar-refractivity contribution in [3.63, 3.8) is 0 Å². The van der Waals surface area contributed by atoms with Gasteiger partial charge in [0, 0.05) is 18.7 Å². The van der Waals surface area contributed by atoms with Gasteiger partial charge in [0.15, 0.2) is 0 Å². The highest BCUT2D eigenvalue weighted by Gasteiger charge is 2.18. The van der Waals surface area contributed by atoms with Crippen LogP contribution in [-0.4, -0.2) is 81.0 Å². The molecule has 0 atom stereocenters. The van der Waals surface area contributed by atoms with Crippen LogP contribution >= 0.6 is 0 Å². The highest BCUT2D eigenvalue weighted by atomic mass is 16.6. The number of rotatable bonds is 19. The number of hydrogen-bond acceptors (Lipinski definition) is 11. The largest absolute Gasteiger partial charge is 0.499 e. The first-order valence-corrected chi connectivity index (χ1v) is 10.1. The standard InChI is InChI=1S/C19H27N5O10/c20-18(25)3-6-31-8-5-22-19(26)14-34-12-11-33-10-9-32-7-4-21-16-2-1-15(23(27)28)13-17(16)24(29)30/h1-3,6,13,21H,4-5,7-12,14H2,(H2,20,25)(H,22,26). The molecule has 15 heteroatoms. The molecule has 0 fully saturated rings. The van der Waals surface area contributed by atoms with Gasteiger partial charge in [-0.25, -0.2) is 0 Å². The lowest BCUT2D eigenvalue weighted by Crippen LogP contribution is -2.30. The molecule has 0 aliphatic carbocycles. The number of hydrogen-bond donors (Lipinski definition) is 3. The van der Waals surface area contributed by atoms with Crippen LogP contribution in [0.15, 0.2) is 30.5 Å². The molecule has 2 amide bonds. The first-order chi connectivity index (χ1) is 16.3. The molecule has 4 N–H and O–H groups in total. The van der Waals surface area contributed by atoms with Gasteiger partial charge in [-0.3, -0.25) is 29.8 Å². The maximum atomic E-state index is 11.5. The van der Waals surface area contributed by atoms with Gasteiger partial charge >= 0.3 is 0 Å². The summed E-state index contributed by atoms with van der Waals surface area (Å²) >= 11 is 0. The van der Waals surface area contributed by atoms with Crippen molar-refractivity contribution in [3.8, 4) is 0 Å². The number of non-ortho nitro benzene ring substituents is 1. The first-order valence-electron chi connectivity index (χ1n) is 10.1. The number of ether oxygens (including phenoxy) is 4. The van der Waals surface area contributed by atoms with Gasteiger partial charge in [-0.05, 0) is 6.07 Å². The molecule has 1 aromatic carbocycles. The van der Waals surface area contributed by atoms with E-state index >= 15 is 0 Å². The van der Waals surface area contributed by atoms with E-state index in [2.05, 4.69) is 10.6 Å². The fourth-order valence-corrected chi connectivity index (χ4v) is 2.28. The molecular formula is C19H27N5O10. The number of anilines is 1. The van der Waals surface area contributed by atoms with E-state index in [1.54, 1.807) is 0 Å². The quantitative estimate of drug-likeness (QED) is 0.0786. The Hall–Kier alpha value is -3.82. The molecule has 0 unspecified atom stereocenters. The third-order valence-corrected chi connectivity index (χ3v) is 3.80. The fraction of sp³-hybridized carbons (Fsp3) is 0.474. The van der Waals surface area contributed by atoms with Gasteiger partial charge in [-0.1, -0.05) is 0 Å². The molecule has 1 rings (SSSR count). The zero-order valence-electron chi connectivity index (χ0n) is 18.3. The molecule has 0 spiro atoms. The summed E-state index contributed by atoms with van der Waals surface area (Å²) < 4.78 is 20.7. The van der Waals surface area contributed by atoms with Crippen molar-refractivity contribution >= 4 is 28.9 Å². The average molecular weight is 485 g/mol. The molecule has 0 heterocycles. The molecule has 188 valence electrons. The molecule has 0 saturated carbocycles. The van der Waals surface area contributed by atoms with Gasteiger partial charge in [0.25, 0.3) is 11.4 Å². The summed E-state index contributed by atoms with van der Waals surface area (Å²) in [7, 11) is 0. The van der Waals surface area contributed by atoms with E-state index in [0.29, 0.717) is 0 Å². The summed E-state index contributed by atoms with van der Waals surface area (Å²) in [5.74, 6) is -0.956. The van der Waals surface area contributed by atoms with E-state index in [0.717, 1.165) is 18.4 Å². The zero-order chi connectivity index (χ0) is 25.2. The molecule has 1 aromatic rings. The van der Waals surface area contributed by atoms with E-state index in [9.17, 15) is 29.8 Å². The summed E-state index contributed by atoms with van der Waals surface area (Å²) in [6.45, 7) is 1.78. The number of nitrogens with one attached hydrogen (secondary N) is 2. The van der Waals surface area contributed by atoms with E-state index in [1.807, 2.05) is 0 Å². The number of carbonyl (C=O) groups excluding carboxylic acids is 2. The number of nitrogens with two attached hydrogens (primary N) is 1. The van der Waals surface area contributed by atoms with Gasteiger partial charge in [0.05, 0.1) is 61.8 Å². The Morgan fingerprint density at radius 1 is 0.941 bits per heavy atom. The molecule has 0 aliphatic heterocycles. The molecule has 0 saturated heterocycles. The lowest BCUT2D eigenvalue weighted by atomic mass is 10.2. The second kappa shape index (κ2) is 16.8. The second-order valence-electron chi connectivity index (χ2n) is 6.35. The van der Waals surface area contributed by atoms with Gasteiger partial charge < -0.3 is 35.3 Å². The normalized spacial score (nSPS) is 10.7. The van der Waals surface area contributed by atoms with Crippen molar-refractivity contribution < 1.29 is 38.4 Å². The van der Waals surface area contributed by atoms with E-state index in [4.69, 9.17) is 24.7 Å². The van der Waals surface area contributed by atoms with E-state index in [1.165, 1.54) is 12.1 Å². The number of nitrogens with zero attached hydrogens (tertiary/aromatic N) is 2. The Morgan fingerprint density at radius 3 is 2.26 bits per heavy atom. The number of benzene rings is 1. The maximum absolute atomic E-state index is 11.5. The van der Waals surface area contributed by atoms with E-state index < -0.39 is 21.4 Å². The Morgan fingerprint density at radius 2 is 1.62 bits per heavy atom. The van der Waals surface area contributed by atoms with Crippen LogP contribution in [0.1, 0.15) is 0 Å². The van der Waals surface area contributed by atoms with Crippen LogP contribution in [0.2, 0.25) is 0 Å². The number of nitro groups is 2. The molecule has 0 aromatic heterocycles. The summed E-state index contributed by atoms with van der Waals surface area (Å²) in [6, 6.07) is 3.35. The Bertz CT molecular complexity index is 849. The van der Waals surface area contributed by atoms with Crippen LogP contribution in [0, 0.1) is 20.2 Å². The minimum atomic E-state index is -0.702. The predicted octanol–water partition coefficient (Wildman–Crippen LogP) is 0.0965. The first kappa shape index (κ1) is 28.2. The number of amides is 2. The zero-order valence-corrected chi connectivity index (χ0v) is 18.3. The summed E-state index contributed by atoms with van der Waals surface area (Å²) in [4.78, 5) is 42.3. The van der Waals surface area contributed by atoms with Crippen LogP contribution in [0.5, 0.6) is 0 Å². The number of nitro benzene ring substituents is 2. The second-order valence-corrected chi connectivity index (χ2v) is 6.35. The van der Waals surface area contributed by atoms with Crippen molar-refractivity contribution in [2.45, 2.75) is 0 Å². The van der Waals surface area contributed by atoms with Crippen LogP contribution < -0.4 is 16.4 Å². The lowest BCUT2D eigenvalue weighted by molar-refractivity contribution is -0.393. The predicted molar refractivity (Wildman–Crippen MR) is 118 cm³/mol. The van der Waals surface area contributed by atoms with Crippen LogP contribution in [0.4, 0.5) is 17.1 Å². The highest BCUT2D eigenvalue weighted by molar-refractivity contribution is 5.85. The molecule has 0 radical (unpaired) electrons. The van der Waals surface area contributed by atoms with Gasteiger partial charge in [0.1, 0.15) is 18.9 Å². The lowest BCUT2D eigenvalue weighted by Gasteiger charge is -2.09. The van der Waals surface area contributed by atoms with Crippen LogP contribution in [0.25, 0.3) is 0 Å². The third-order valence-electron chi connectivity index (χ3n) is 3.80. The smallest absolute Gasteiger partial charge is 0.299 e. The minimum Gasteiger partial charge on any atom is -0.499 e. The molecule has 0 aliphatic rings. The van der Waals surface area contributed by atoms with Crippen LogP contribution in [0.3, 0.4) is 0 Å². The molecule has 15 nitrogen and oxygen atoms in total. The Kier molecular flexibility index (Phi) is 13.9. The topological polar surface area (TPSA) is 207 Å². The van der Waals surface area contributed by atoms with Crippen molar-refractivity contribution in [3.05, 3.63) is 50.8 Å². The molecular weight excluding hydrogens is 458 g/mol. The Balaban J connectivity index is 2.01. The Labute approximate surface area is 194 Å². The van der Waals surface area contributed by atoms with Gasteiger partial charge in [-0.2, -0.15) is 0 Å². The summed E-state index contributed by atoms with van der Waals surface area (Å²) in [5, 5.41) is 27.1.